The number of aliphatic hydroxyl groups excluding tert-OH is 1. The lowest BCUT2D eigenvalue weighted by Gasteiger charge is -2.26. The van der Waals surface area contributed by atoms with E-state index in [1.807, 2.05) is 63.2 Å². The Morgan fingerprint density at radius 1 is 0.846 bits per heavy atom. The smallest absolute Gasteiger partial charge is 0.300 e. The van der Waals surface area contributed by atoms with E-state index in [2.05, 4.69) is 13.8 Å². The van der Waals surface area contributed by atoms with Gasteiger partial charge in [-0.2, -0.15) is 0 Å². The summed E-state index contributed by atoms with van der Waals surface area (Å²) in [5, 5.41) is 11.7. The van der Waals surface area contributed by atoms with Crippen LogP contribution in [0.3, 0.4) is 0 Å². The third kappa shape index (κ3) is 5.62. The van der Waals surface area contributed by atoms with Crippen molar-refractivity contribution < 1.29 is 28.9 Å². The van der Waals surface area contributed by atoms with Crippen LogP contribution in [0.1, 0.15) is 63.3 Å². The van der Waals surface area contributed by atoms with Crippen molar-refractivity contribution in [2.24, 2.45) is 0 Å². The molecule has 3 aromatic carbocycles. The summed E-state index contributed by atoms with van der Waals surface area (Å²) >= 11 is 0. The third-order valence-electron chi connectivity index (χ3n) is 6.59. The second-order valence-corrected chi connectivity index (χ2v) is 9.44. The van der Waals surface area contributed by atoms with Gasteiger partial charge in [0.1, 0.15) is 23.0 Å². The van der Waals surface area contributed by atoms with Crippen LogP contribution >= 0.6 is 0 Å². The standard InChI is InChI=1S/C32H35NO6/c1-6-37-24-11-9-10-22(18-24)29-28(30(34)26-17-16-25(38-7-2)19-27(26)39-8-3)31(35)32(36)33(29)23-14-12-21(13-15-23)20(4)5/h9-20,29,34H,6-8H2,1-5H3/b30-28+. The Morgan fingerprint density at radius 3 is 2.10 bits per heavy atom. The number of carbonyl (C=O) groups excluding carboxylic acids is 2. The Hall–Kier alpha value is -4.26. The van der Waals surface area contributed by atoms with Gasteiger partial charge in [0.15, 0.2) is 0 Å². The van der Waals surface area contributed by atoms with E-state index in [0.29, 0.717) is 59.8 Å². The number of rotatable bonds is 10. The molecule has 39 heavy (non-hydrogen) atoms. The summed E-state index contributed by atoms with van der Waals surface area (Å²) in [6.07, 6.45) is 0. The molecule has 0 saturated carbocycles. The fraction of sp³-hybridized carbons (Fsp3) is 0.312. The largest absolute Gasteiger partial charge is 0.507 e. The fourth-order valence-electron chi connectivity index (χ4n) is 4.75. The highest BCUT2D eigenvalue weighted by Gasteiger charge is 2.47. The van der Waals surface area contributed by atoms with Crippen molar-refractivity contribution in [2.75, 3.05) is 24.7 Å². The van der Waals surface area contributed by atoms with Crippen molar-refractivity contribution >= 4 is 23.1 Å². The van der Waals surface area contributed by atoms with Crippen molar-refractivity contribution in [1.82, 2.24) is 0 Å². The van der Waals surface area contributed by atoms with E-state index < -0.39 is 17.7 Å². The maximum absolute atomic E-state index is 13.6. The first kappa shape index (κ1) is 27.8. The predicted octanol–water partition coefficient (Wildman–Crippen LogP) is 6.63. The second-order valence-electron chi connectivity index (χ2n) is 9.44. The minimum absolute atomic E-state index is 0.0216. The van der Waals surface area contributed by atoms with E-state index in [9.17, 15) is 14.7 Å². The number of carbonyl (C=O) groups is 2. The lowest BCUT2D eigenvalue weighted by atomic mass is 9.94. The maximum atomic E-state index is 13.6. The molecule has 7 nitrogen and oxygen atoms in total. The highest BCUT2D eigenvalue weighted by atomic mass is 16.5. The Kier molecular flexibility index (Phi) is 8.59. The normalized spacial score (nSPS) is 16.6. The SMILES string of the molecule is CCOc1cccc(C2/C(=C(\O)c3ccc(OCC)cc3OCC)C(=O)C(=O)N2c2ccc(C(C)C)cc2)c1. The van der Waals surface area contributed by atoms with Crippen LogP contribution in [0, 0.1) is 0 Å². The quantitative estimate of drug-likeness (QED) is 0.180. The number of amides is 1. The Bertz CT molecular complexity index is 1380. The lowest BCUT2D eigenvalue weighted by Crippen LogP contribution is -2.29. The van der Waals surface area contributed by atoms with E-state index in [-0.39, 0.29) is 11.3 Å². The summed E-state index contributed by atoms with van der Waals surface area (Å²) in [5.74, 6) is 0.0390. The fourth-order valence-corrected chi connectivity index (χ4v) is 4.75. The highest BCUT2D eigenvalue weighted by Crippen LogP contribution is 2.44. The van der Waals surface area contributed by atoms with E-state index in [4.69, 9.17) is 14.2 Å². The van der Waals surface area contributed by atoms with Gasteiger partial charge in [-0.1, -0.05) is 38.1 Å². The average molecular weight is 530 g/mol. The number of hydrogen-bond donors (Lipinski definition) is 1. The van der Waals surface area contributed by atoms with E-state index in [1.165, 1.54) is 4.90 Å². The summed E-state index contributed by atoms with van der Waals surface area (Å²) in [7, 11) is 0. The number of aliphatic hydroxyl groups is 1. The molecule has 1 aliphatic rings. The Morgan fingerprint density at radius 2 is 1.49 bits per heavy atom. The van der Waals surface area contributed by atoms with Crippen LogP contribution in [0.15, 0.2) is 72.3 Å². The van der Waals surface area contributed by atoms with Crippen LogP contribution in [0.25, 0.3) is 5.76 Å². The van der Waals surface area contributed by atoms with Gasteiger partial charge in [-0.05, 0) is 74.2 Å². The van der Waals surface area contributed by atoms with Crippen molar-refractivity contribution in [3.05, 3.63) is 89.0 Å². The van der Waals surface area contributed by atoms with E-state index >= 15 is 0 Å². The topological polar surface area (TPSA) is 85.3 Å². The first-order chi connectivity index (χ1) is 18.8. The summed E-state index contributed by atoms with van der Waals surface area (Å²) in [6.45, 7) is 11.0. The van der Waals surface area contributed by atoms with Crippen LogP contribution in [-0.2, 0) is 9.59 Å². The van der Waals surface area contributed by atoms with Crippen molar-refractivity contribution in [3.8, 4) is 17.2 Å². The van der Waals surface area contributed by atoms with Crippen molar-refractivity contribution in [3.63, 3.8) is 0 Å². The van der Waals surface area contributed by atoms with Crippen molar-refractivity contribution in [2.45, 2.75) is 46.6 Å². The Balaban J connectivity index is 1.93. The molecule has 1 atom stereocenters. The molecule has 1 aliphatic heterocycles. The molecule has 1 fully saturated rings. The Labute approximate surface area is 229 Å². The first-order valence-corrected chi connectivity index (χ1v) is 13.3. The molecule has 0 aliphatic carbocycles. The predicted molar refractivity (Wildman–Crippen MR) is 152 cm³/mol. The molecule has 1 N–H and O–H groups in total. The van der Waals surface area contributed by atoms with Gasteiger partial charge in [0, 0.05) is 11.8 Å². The van der Waals surface area contributed by atoms with E-state index in [0.717, 1.165) is 5.56 Å². The number of anilines is 1. The lowest BCUT2D eigenvalue weighted by molar-refractivity contribution is -0.132. The molecule has 1 amide bonds. The van der Waals surface area contributed by atoms with Gasteiger partial charge in [0.2, 0.25) is 0 Å². The molecule has 1 unspecified atom stereocenters. The summed E-state index contributed by atoms with van der Waals surface area (Å²) in [4.78, 5) is 28.6. The molecule has 1 heterocycles. The molecule has 204 valence electrons. The van der Waals surface area contributed by atoms with Gasteiger partial charge >= 0.3 is 0 Å². The third-order valence-corrected chi connectivity index (χ3v) is 6.59. The maximum Gasteiger partial charge on any atom is 0.300 e. The monoisotopic (exact) mass is 529 g/mol. The molecule has 0 aromatic heterocycles. The second kappa shape index (κ2) is 12.1. The summed E-state index contributed by atoms with van der Waals surface area (Å²) < 4.78 is 17.1. The van der Waals surface area contributed by atoms with Gasteiger partial charge in [0.25, 0.3) is 11.7 Å². The molecular weight excluding hydrogens is 494 g/mol. The highest BCUT2D eigenvalue weighted by molar-refractivity contribution is 6.51. The molecular formula is C32H35NO6. The van der Waals surface area contributed by atoms with Gasteiger partial charge in [0.05, 0.1) is 37.0 Å². The number of Topliss-reactive ketones (excluding diaryl/α,β-unsaturated/α-hetero) is 1. The van der Waals surface area contributed by atoms with Gasteiger partial charge in [-0.25, -0.2) is 0 Å². The first-order valence-electron chi connectivity index (χ1n) is 13.3. The number of ketones is 1. The zero-order chi connectivity index (χ0) is 28.1. The molecule has 0 spiro atoms. The minimum atomic E-state index is -0.878. The minimum Gasteiger partial charge on any atom is -0.507 e. The van der Waals surface area contributed by atoms with Gasteiger partial charge in [-0.3, -0.25) is 14.5 Å². The van der Waals surface area contributed by atoms with Gasteiger partial charge < -0.3 is 19.3 Å². The van der Waals surface area contributed by atoms with Crippen LogP contribution in [0.2, 0.25) is 0 Å². The van der Waals surface area contributed by atoms with Crippen molar-refractivity contribution in [1.29, 1.82) is 0 Å². The number of ether oxygens (including phenoxy) is 3. The zero-order valence-corrected chi connectivity index (χ0v) is 23.1. The summed E-state index contributed by atoms with van der Waals surface area (Å²) in [6, 6.07) is 19.0. The van der Waals surface area contributed by atoms with Gasteiger partial charge in [-0.15, -0.1) is 0 Å². The average Bonchev–Trinajstić information content (AvgIpc) is 3.19. The summed E-state index contributed by atoms with van der Waals surface area (Å²) in [5.41, 5.74) is 2.59. The molecule has 7 heteroatoms. The molecule has 1 saturated heterocycles. The van der Waals surface area contributed by atoms with Crippen LogP contribution in [0.5, 0.6) is 17.2 Å². The number of benzene rings is 3. The molecule has 4 rings (SSSR count). The number of hydrogen-bond acceptors (Lipinski definition) is 6. The van der Waals surface area contributed by atoms with Crippen LogP contribution in [-0.4, -0.2) is 36.6 Å². The van der Waals surface area contributed by atoms with Crippen LogP contribution in [0.4, 0.5) is 5.69 Å². The number of nitrogens with zero attached hydrogens (tertiary/aromatic N) is 1. The molecule has 0 radical (unpaired) electrons. The van der Waals surface area contributed by atoms with E-state index in [1.54, 1.807) is 24.3 Å². The van der Waals surface area contributed by atoms with Crippen LogP contribution < -0.4 is 19.1 Å². The molecule has 0 bridgehead atoms. The zero-order valence-electron chi connectivity index (χ0n) is 23.1. The molecule has 3 aromatic rings.